The first kappa shape index (κ1) is 19.6. The van der Waals surface area contributed by atoms with E-state index in [-0.39, 0.29) is 12.5 Å². The third-order valence-electron chi connectivity index (χ3n) is 5.71. The Balaban J connectivity index is 1.56. The molecule has 0 unspecified atom stereocenters. The topological polar surface area (TPSA) is 93.1 Å². The van der Waals surface area contributed by atoms with Crippen LogP contribution in [0.2, 0.25) is 0 Å². The number of aliphatic hydroxyl groups excluding tert-OH is 1. The van der Waals surface area contributed by atoms with Gasteiger partial charge in [0, 0.05) is 44.1 Å². The highest BCUT2D eigenvalue weighted by molar-refractivity contribution is 5.95. The SMILES string of the molecule is O=C(O)[C@H]1CCCC[C@@H]1C(=O)Nc1ccc(N2CCN(CCO)CC2)cc1. The van der Waals surface area contributed by atoms with Gasteiger partial charge < -0.3 is 20.4 Å². The van der Waals surface area contributed by atoms with Crippen LogP contribution in [-0.4, -0.2) is 66.3 Å². The fraction of sp³-hybridized carbons (Fsp3) is 0.600. The van der Waals surface area contributed by atoms with Gasteiger partial charge in [0.1, 0.15) is 0 Å². The molecule has 1 heterocycles. The van der Waals surface area contributed by atoms with Crippen LogP contribution in [0.25, 0.3) is 0 Å². The zero-order valence-corrected chi connectivity index (χ0v) is 15.6. The number of carbonyl (C=O) groups is 2. The lowest BCUT2D eigenvalue weighted by atomic mass is 9.78. The Morgan fingerprint density at radius 2 is 1.63 bits per heavy atom. The number of nitrogens with zero attached hydrogens (tertiary/aromatic N) is 2. The van der Waals surface area contributed by atoms with Gasteiger partial charge in [-0.1, -0.05) is 12.8 Å². The molecule has 0 radical (unpaired) electrons. The van der Waals surface area contributed by atoms with Crippen LogP contribution in [0, 0.1) is 11.8 Å². The van der Waals surface area contributed by atoms with Crippen LogP contribution in [0.15, 0.2) is 24.3 Å². The molecule has 7 nitrogen and oxygen atoms in total. The molecule has 7 heteroatoms. The van der Waals surface area contributed by atoms with Crippen molar-refractivity contribution < 1.29 is 19.8 Å². The number of carbonyl (C=O) groups excluding carboxylic acids is 1. The van der Waals surface area contributed by atoms with Crippen molar-refractivity contribution in [3.05, 3.63) is 24.3 Å². The average molecular weight is 375 g/mol. The first-order valence-corrected chi connectivity index (χ1v) is 9.80. The highest BCUT2D eigenvalue weighted by Crippen LogP contribution is 2.31. The van der Waals surface area contributed by atoms with Crippen LogP contribution in [0.4, 0.5) is 11.4 Å². The van der Waals surface area contributed by atoms with Crippen molar-refractivity contribution >= 4 is 23.3 Å². The van der Waals surface area contributed by atoms with E-state index in [1.165, 1.54) is 0 Å². The monoisotopic (exact) mass is 375 g/mol. The lowest BCUT2D eigenvalue weighted by Gasteiger charge is -2.35. The molecule has 1 aromatic rings. The third kappa shape index (κ3) is 4.99. The summed E-state index contributed by atoms with van der Waals surface area (Å²) >= 11 is 0. The van der Waals surface area contributed by atoms with Crippen molar-refractivity contribution in [3.63, 3.8) is 0 Å². The molecule has 27 heavy (non-hydrogen) atoms. The van der Waals surface area contributed by atoms with Crippen molar-refractivity contribution in [1.82, 2.24) is 4.90 Å². The number of rotatable bonds is 6. The zero-order chi connectivity index (χ0) is 19.2. The fourth-order valence-corrected chi connectivity index (χ4v) is 4.10. The van der Waals surface area contributed by atoms with E-state index in [9.17, 15) is 14.7 Å². The standard InChI is InChI=1S/C20H29N3O4/c24-14-13-22-9-11-23(12-10-22)16-7-5-15(6-8-16)21-19(25)17-3-1-2-4-18(17)20(26)27/h5-8,17-18,24H,1-4,9-14H2,(H,21,25)(H,26,27)/t17-,18-/m0/s1. The molecule has 2 fully saturated rings. The minimum absolute atomic E-state index is 0.188. The van der Waals surface area contributed by atoms with Gasteiger partial charge in [-0.15, -0.1) is 0 Å². The van der Waals surface area contributed by atoms with Gasteiger partial charge in [0.05, 0.1) is 18.4 Å². The predicted octanol–water partition coefficient (Wildman–Crippen LogP) is 1.63. The number of piperazine rings is 1. The molecule has 1 aromatic carbocycles. The van der Waals surface area contributed by atoms with Gasteiger partial charge in [-0.3, -0.25) is 14.5 Å². The van der Waals surface area contributed by atoms with Gasteiger partial charge in [-0.25, -0.2) is 0 Å². The van der Waals surface area contributed by atoms with E-state index in [0.717, 1.165) is 51.3 Å². The van der Waals surface area contributed by atoms with E-state index >= 15 is 0 Å². The van der Waals surface area contributed by atoms with Crippen LogP contribution < -0.4 is 10.2 Å². The summed E-state index contributed by atoms with van der Waals surface area (Å²) in [6.45, 7) is 4.59. The first-order valence-electron chi connectivity index (χ1n) is 9.80. The number of hydrogen-bond acceptors (Lipinski definition) is 5. The van der Waals surface area contributed by atoms with Crippen LogP contribution in [0.3, 0.4) is 0 Å². The molecule has 3 N–H and O–H groups in total. The highest BCUT2D eigenvalue weighted by atomic mass is 16.4. The number of carboxylic acids is 1. The van der Waals surface area contributed by atoms with E-state index in [1.807, 2.05) is 24.3 Å². The molecule has 1 amide bonds. The number of benzene rings is 1. The molecular weight excluding hydrogens is 346 g/mol. The van der Waals surface area contributed by atoms with Gasteiger partial charge in [-0.05, 0) is 37.1 Å². The summed E-state index contributed by atoms with van der Waals surface area (Å²) in [5.41, 5.74) is 1.81. The number of aliphatic carboxylic acids is 1. The molecule has 148 valence electrons. The number of hydrogen-bond donors (Lipinski definition) is 3. The molecule has 2 atom stereocenters. The number of carboxylic acid groups (broad SMARTS) is 1. The van der Waals surface area contributed by atoms with Gasteiger partial charge in [0.2, 0.25) is 5.91 Å². The summed E-state index contributed by atoms with van der Waals surface area (Å²) in [6, 6.07) is 7.75. The van der Waals surface area contributed by atoms with E-state index < -0.39 is 17.8 Å². The molecule has 1 aliphatic heterocycles. The van der Waals surface area contributed by atoms with Crippen molar-refractivity contribution in [1.29, 1.82) is 0 Å². The molecule has 1 saturated heterocycles. The summed E-state index contributed by atoms with van der Waals surface area (Å²) in [6.07, 6.45) is 3.00. The maximum atomic E-state index is 12.6. The van der Waals surface area contributed by atoms with Crippen LogP contribution in [0.1, 0.15) is 25.7 Å². The summed E-state index contributed by atoms with van der Waals surface area (Å²) in [4.78, 5) is 28.5. The van der Waals surface area contributed by atoms with Crippen LogP contribution in [-0.2, 0) is 9.59 Å². The van der Waals surface area contributed by atoms with Gasteiger partial charge in [0.15, 0.2) is 0 Å². The largest absolute Gasteiger partial charge is 0.481 e. The third-order valence-corrected chi connectivity index (χ3v) is 5.71. The molecular formula is C20H29N3O4. The molecule has 2 aliphatic rings. The summed E-state index contributed by atoms with van der Waals surface area (Å²) < 4.78 is 0. The fourth-order valence-electron chi connectivity index (χ4n) is 4.10. The Bertz CT molecular complexity index is 641. The lowest BCUT2D eigenvalue weighted by molar-refractivity contribution is -0.147. The second kappa shape index (κ2) is 9.19. The molecule has 0 spiro atoms. The molecule has 3 rings (SSSR count). The van der Waals surface area contributed by atoms with Crippen LogP contribution >= 0.6 is 0 Å². The van der Waals surface area contributed by atoms with Gasteiger partial charge >= 0.3 is 5.97 Å². The maximum absolute atomic E-state index is 12.6. The van der Waals surface area contributed by atoms with Crippen molar-refractivity contribution in [2.45, 2.75) is 25.7 Å². The molecule has 0 aromatic heterocycles. The Hall–Kier alpha value is -2.12. The predicted molar refractivity (Wildman–Crippen MR) is 104 cm³/mol. The quantitative estimate of drug-likeness (QED) is 0.700. The van der Waals surface area contributed by atoms with Crippen molar-refractivity contribution in [2.75, 3.05) is 49.5 Å². The second-order valence-electron chi connectivity index (χ2n) is 7.42. The smallest absolute Gasteiger partial charge is 0.307 e. The Labute approximate surface area is 160 Å². The number of anilines is 2. The zero-order valence-electron chi connectivity index (χ0n) is 15.6. The minimum Gasteiger partial charge on any atom is -0.481 e. The van der Waals surface area contributed by atoms with Gasteiger partial charge in [-0.2, -0.15) is 0 Å². The molecule has 1 aliphatic carbocycles. The van der Waals surface area contributed by atoms with E-state index in [1.54, 1.807) is 0 Å². The van der Waals surface area contributed by atoms with E-state index in [4.69, 9.17) is 5.11 Å². The Morgan fingerprint density at radius 1 is 1.00 bits per heavy atom. The van der Waals surface area contributed by atoms with Crippen LogP contribution in [0.5, 0.6) is 0 Å². The maximum Gasteiger partial charge on any atom is 0.307 e. The molecule has 0 bridgehead atoms. The van der Waals surface area contributed by atoms with Crippen molar-refractivity contribution in [3.8, 4) is 0 Å². The normalized spacial score (nSPS) is 23.8. The first-order chi connectivity index (χ1) is 13.1. The summed E-state index contributed by atoms with van der Waals surface area (Å²) in [5, 5.41) is 21.3. The van der Waals surface area contributed by atoms with Crippen molar-refractivity contribution in [2.24, 2.45) is 11.8 Å². The second-order valence-corrected chi connectivity index (χ2v) is 7.42. The van der Waals surface area contributed by atoms with Gasteiger partial charge in [0.25, 0.3) is 0 Å². The number of nitrogens with one attached hydrogen (secondary N) is 1. The van der Waals surface area contributed by atoms with E-state index in [0.29, 0.717) is 18.5 Å². The number of aliphatic hydroxyl groups is 1. The minimum atomic E-state index is -0.870. The highest BCUT2D eigenvalue weighted by Gasteiger charge is 2.35. The molecule has 1 saturated carbocycles. The Morgan fingerprint density at radius 3 is 2.22 bits per heavy atom. The number of β-amino-alcohol motifs (C(OH)–C–C–N with tert-alkyl or cyclic N) is 1. The van der Waals surface area contributed by atoms with E-state index in [2.05, 4.69) is 15.1 Å². The Kier molecular flexibility index (Phi) is 6.68. The average Bonchev–Trinajstić information content (AvgIpc) is 2.69. The number of amides is 1. The summed E-state index contributed by atoms with van der Waals surface area (Å²) in [7, 11) is 0. The lowest BCUT2D eigenvalue weighted by Crippen LogP contribution is -2.47. The summed E-state index contributed by atoms with van der Waals surface area (Å²) in [5.74, 6) is -2.08.